The zero-order valence-corrected chi connectivity index (χ0v) is 12.0. The number of aromatic nitrogens is 2. The fourth-order valence-electron chi connectivity index (χ4n) is 1.84. The van der Waals surface area contributed by atoms with Crippen LogP contribution in [0.4, 0.5) is 0 Å². The smallest absolute Gasteiger partial charge is 0.274 e. The maximum absolute atomic E-state index is 12.3. The summed E-state index contributed by atoms with van der Waals surface area (Å²) in [7, 11) is 2.13. The van der Waals surface area contributed by atoms with Crippen molar-refractivity contribution in [3.05, 3.63) is 16.9 Å². The Bertz CT molecular complexity index is 449. The van der Waals surface area contributed by atoms with Gasteiger partial charge in [-0.25, -0.2) is 9.97 Å². The molecule has 98 valence electrons. The predicted octanol–water partition coefficient (Wildman–Crippen LogP) is -0.178. The summed E-state index contributed by atoms with van der Waals surface area (Å²) >= 11 is 7.41. The monoisotopic (exact) mass is 287 g/mol. The van der Waals surface area contributed by atoms with Gasteiger partial charge in [-0.3, -0.25) is 4.79 Å². The average Bonchev–Trinajstić information content (AvgIpc) is 2.39. The minimum Gasteiger partial charge on any atom is -0.334 e. The highest BCUT2D eigenvalue weighted by atomic mass is 35.5. The van der Waals surface area contributed by atoms with Gasteiger partial charge < -0.3 is 9.80 Å². The number of carbonyl (C=O) groups excluding carboxylic acids is 1. The molecule has 0 aromatic carbocycles. The molecule has 1 N–H and O–H groups in total. The maximum Gasteiger partial charge on any atom is 0.274 e. The first-order valence-electron chi connectivity index (χ1n) is 5.79. The normalized spacial score (nSPS) is 16.9. The molecule has 1 amide bonds. The number of thioether (sulfide) groups is 1. The van der Waals surface area contributed by atoms with Crippen LogP contribution >= 0.6 is 23.4 Å². The van der Waals surface area contributed by atoms with E-state index in [0.717, 1.165) is 26.2 Å². The van der Waals surface area contributed by atoms with Gasteiger partial charge in [0.1, 0.15) is 0 Å². The number of nitrogens with one attached hydrogen (secondary N) is 1. The third-order valence-electron chi connectivity index (χ3n) is 3.01. The summed E-state index contributed by atoms with van der Waals surface area (Å²) in [6.07, 6.45) is 3.37. The Morgan fingerprint density at radius 1 is 1.50 bits per heavy atom. The second-order valence-electron chi connectivity index (χ2n) is 4.30. The second kappa shape index (κ2) is 5.86. The number of piperazine rings is 1. The van der Waals surface area contributed by atoms with Crippen molar-refractivity contribution in [1.29, 1.82) is 0 Å². The summed E-state index contributed by atoms with van der Waals surface area (Å²) in [6, 6.07) is 0. The zero-order valence-electron chi connectivity index (χ0n) is 10.4. The minimum atomic E-state index is -0.0924. The third kappa shape index (κ3) is 2.93. The van der Waals surface area contributed by atoms with E-state index in [9.17, 15) is 4.79 Å². The van der Waals surface area contributed by atoms with E-state index in [1.54, 1.807) is 0 Å². The molecule has 0 radical (unpaired) electrons. The molecule has 0 aliphatic carbocycles. The third-order valence-corrected chi connectivity index (χ3v) is 3.85. The minimum absolute atomic E-state index is 0.0924. The van der Waals surface area contributed by atoms with Crippen molar-refractivity contribution < 1.29 is 9.69 Å². The fourth-order valence-corrected chi connectivity index (χ4v) is 2.35. The van der Waals surface area contributed by atoms with Gasteiger partial charge >= 0.3 is 0 Å². The molecule has 0 spiro atoms. The van der Waals surface area contributed by atoms with Gasteiger partial charge in [0.2, 0.25) is 0 Å². The molecule has 0 atom stereocenters. The van der Waals surface area contributed by atoms with E-state index < -0.39 is 0 Å². The molecule has 18 heavy (non-hydrogen) atoms. The molecule has 7 heteroatoms. The van der Waals surface area contributed by atoms with Crippen molar-refractivity contribution >= 4 is 29.3 Å². The molecule has 0 saturated carbocycles. The van der Waals surface area contributed by atoms with Crippen molar-refractivity contribution in [3.63, 3.8) is 0 Å². The number of carbonyl (C=O) groups is 1. The van der Waals surface area contributed by atoms with Gasteiger partial charge in [0, 0.05) is 0 Å². The number of amides is 1. The van der Waals surface area contributed by atoms with Crippen LogP contribution in [-0.4, -0.2) is 60.3 Å². The van der Waals surface area contributed by atoms with Gasteiger partial charge in [0.05, 0.1) is 44.4 Å². The number of hydrogen-bond acceptors (Lipinski definition) is 4. The van der Waals surface area contributed by atoms with Gasteiger partial charge in [-0.1, -0.05) is 23.4 Å². The predicted molar refractivity (Wildman–Crippen MR) is 71.3 cm³/mol. The quantitative estimate of drug-likeness (QED) is 0.606. The van der Waals surface area contributed by atoms with Crippen LogP contribution in [0.15, 0.2) is 11.4 Å². The van der Waals surface area contributed by atoms with E-state index in [1.165, 1.54) is 22.9 Å². The first-order chi connectivity index (χ1) is 8.61. The van der Waals surface area contributed by atoms with Crippen LogP contribution < -0.4 is 4.90 Å². The summed E-state index contributed by atoms with van der Waals surface area (Å²) in [6.45, 7) is 3.42. The van der Waals surface area contributed by atoms with Crippen LogP contribution in [-0.2, 0) is 0 Å². The van der Waals surface area contributed by atoms with E-state index >= 15 is 0 Å². The Hall–Kier alpha value is -0.850. The molecule has 2 rings (SSSR count). The van der Waals surface area contributed by atoms with Gasteiger partial charge in [0.25, 0.3) is 5.91 Å². The van der Waals surface area contributed by atoms with Gasteiger partial charge in [-0.05, 0) is 6.26 Å². The molecule has 1 aliphatic rings. The van der Waals surface area contributed by atoms with Crippen molar-refractivity contribution in [1.82, 2.24) is 14.9 Å². The van der Waals surface area contributed by atoms with Gasteiger partial charge in [-0.15, -0.1) is 0 Å². The largest absolute Gasteiger partial charge is 0.334 e. The first-order valence-corrected chi connectivity index (χ1v) is 7.39. The molecule has 1 aromatic heterocycles. The lowest BCUT2D eigenvalue weighted by Gasteiger charge is -2.29. The molecule has 1 aromatic rings. The second-order valence-corrected chi connectivity index (χ2v) is 5.48. The van der Waals surface area contributed by atoms with Crippen molar-refractivity contribution in [2.45, 2.75) is 5.16 Å². The van der Waals surface area contributed by atoms with Crippen LogP contribution in [0.2, 0.25) is 5.02 Å². The summed E-state index contributed by atoms with van der Waals surface area (Å²) < 4.78 is 0. The molecular formula is C11H16ClN4OS+. The summed E-state index contributed by atoms with van der Waals surface area (Å²) in [5.74, 6) is -0.0924. The number of halogens is 1. The van der Waals surface area contributed by atoms with E-state index in [2.05, 4.69) is 17.0 Å². The Morgan fingerprint density at radius 2 is 2.17 bits per heavy atom. The van der Waals surface area contributed by atoms with Crippen LogP contribution in [0.25, 0.3) is 0 Å². The lowest BCUT2D eigenvalue weighted by atomic mass is 10.3. The lowest BCUT2D eigenvalue weighted by molar-refractivity contribution is -0.883. The fraction of sp³-hybridized carbons (Fsp3) is 0.545. The molecule has 0 bridgehead atoms. The number of nitrogens with zero attached hydrogens (tertiary/aromatic N) is 3. The number of hydrogen-bond donors (Lipinski definition) is 1. The van der Waals surface area contributed by atoms with Crippen LogP contribution in [0, 0.1) is 0 Å². The highest BCUT2D eigenvalue weighted by Crippen LogP contribution is 2.18. The summed E-state index contributed by atoms with van der Waals surface area (Å²) in [4.78, 5) is 23.8. The molecule has 1 saturated heterocycles. The topological polar surface area (TPSA) is 50.5 Å². The van der Waals surface area contributed by atoms with Crippen LogP contribution in [0.5, 0.6) is 0 Å². The molecular weight excluding hydrogens is 272 g/mol. The Morgan fingerprint density at radius 3 is 2.78 bits per heavy atom. The standard InChI is InChI=1S/C11H15ClN4OS/c1-15-3-5-16(6-4-15)10(17)9-8(12)7-13-11(14-9)18-2/h7H,3-6H2,1-2H3/p+1. The molecule has 0 unspecified atom stereocenters. The zero-order chi connectivity index (χ0) is 13.1. The van der Waals surface area contributed by atoms with Gasteiger partial charge in [0.15, 0.2) is 10.9 Å². The van der Waals surface area contributed by atoms with E-state index in [0.29, 0.717) is 15.9 Å². The Kier molecular flexibility index (Phi) is 4.42. The Balaban J connectivity index is 2.17. The molecule has 5 nitrogen and oxygen atoms in total. The molecule has 2 heterocycles. The van der Waals surface area contributed by atoms with Crippen molar-refractivity contribution in [3.8, 4) is 0 Å². The summed E-state index contributed by atoms with van der Waals surface area (Å²) in [5, 5.41) is 0.895. The molecule has 1 aliphatic heterocycles. The van der Waals surface area contributed by atoms with E-state index in [4.69, 9.17) is 11.6 Å². The lowest BCUT2D eigenvalue weighted by Crippen LogP contribution is -3.12. The van der Waals surface area contributed by atoms with E-state index in [1.807, 2.05) is 11.2 Å². The highest BCUT2D eigenvalue weighted by Gasteiger charge is 2.25. The van der Waals surface area contributed by atoms with Crippen LogP contribution in [0.3, 0.4) is 0 Å². The van der Waals surface area contributed by atoms with Crippen molar-refractivity contribution in [2.24, 2.45) is 0 Å². The average molecular weight is 288 g/mol. The number of rotatable bonds is 2. The van der Waals surface area contributed by atoms with Crippen molar-refractivity contribution in [2.75, 3.05) is 39.5 Å². The maximum atomic E-state index is 12.3. The summed E-state index contributed by atoms with van der Waals surface area (Å²) in [5.41, 5.74) is 0.315. The molecule has 1 fully saturated rings. The van der Waals surface area contributed by atoms with E-state index in [-0.39, 0.29) is 5.91 Å². The first kappa shape index (κ1) is 13.6. The number of quaternary nitrogens is 1. The Labute approximate surface area is 116 Å². The van der Waals surface area contributed by atoms with Crippen LogP contribution in [0.1, 0.15) is 10.5 Å². The van der Waals surface area contributed by atoms with Gasteiger partial charge in [-0.2, -0.15) is 0 Å². The number of likely N-dealkylation sites (N-methyl/N-ethyl adjacent to an activating group) is 1. The highest BCUT2D eigenvalue weighted by molar-refractivity contribution is 7.98. The SMILES string of the molecule is CSc1ncc(Cl)c(C(=O)N2CC[NH+](C)CC2)n1.